The van der Waals surface area contributed by atoms with E-state index in [4.69, 9.17) is 0 Å². The van der Waals surface area contributed by atoms with E-state index in [1.165, 1.54) is 44.9 Å². The summed E-state index contributed by atoms with van der Waals surface area (Å²) < 4.78 is 0. The predicted molar refractivity (Wildman–Crippen MR) is 86.7 cm³/mol. The fourth-order valence-corrected chi connectivity index (χ4v) is 5.53. The SMILES string of the molecule is CC(NC1CCC(C(C)(C)C)CC1)C1CC2CCC1C2. The van der Waals surface area contributed by atoms with Crippen molar-refractivity contribution in [2.75, 3.05) is 0 Å². The standard InChI is InChI=1S/C19H35N/c1-13(18-12-14-5-6-15(18)11-14)20-17-9-7-16(8-10-17)19(2,3)4/h13-18,20H,5-12H2,1-4H3. The second kappa shape index (κ2) is 5.63. The van der Waals surface area contributed by atoms with Gasteiger partial charge in [0.15, 0.2) is 0 Å². The molecule has 0 saturated heterocycles. The summed E-state index contributed by atoms with van der Waals surface area (Å²) in [5.41, 5.74) is 0.515. The summed E-state index contributed by atoms with van der Waals surface area (Å²) in [6, 6.07) is 1.57. The zero-order valence-corrected chi connectivity index (χ0v) is 14.1. The Labute approximate surface area is 126 Å². The molecule has 3 aliphatic carbocycles. The summed E-state index contributed by atoms with van der Waals surface area (Å²) in [7, 11) is 0. The molecule has 1 N–H and O–H groups in total. The van der Waals surface area contributed by atoms with Gasteiger partial charge in [0.2, 0.25) is 0 Å². The fourth-order valence-electron chi connectivity index (χ4n) is 5.53. The van der Waals surface area contributed by atoms with Crippen molar-refractivity contribution in [1.29, 1.82) is 0 Å². The van der Waals surface area contributed by atoms with Crippen molar-refractivity contribution in [2.24, 2.45) is 29.1 Å². The number of fused-ring (bicyclic) bond motifs is 2. The minimum Gasteiger partial charge on any atom is -0.311 e. The van der Waals surface area contributed by atoms with Gasteiger partial charge in [0.05, 0.1) is 0 Å². The molecule has 0 heterocycles. The second-order valence-electron chi connectivity index (χ2n) is 9.21. The molecule has 3 aliphatic rings. The third kappa shape index (κ3) is 3.08. The van der Waals surface area contributed by atoms with Gasteiger partial charge < -0.3 is 5.32 Å². The summed E-state index contributed by atoms with van der Waals surface area (Å²) in [5, 5.41) is 4.02. The van der Waals surface area contributed by atoms with E-state index in [1.807, 2.05) is 0 Å². The van der Waals surface area contributed by atoms with Gasteiger partial charge in [-0.3, -0.25) is 0 Å². The topological polar surface area (TPSA) is 12.0 Å². The summed E-state index contributed by atoms with van der Waals surface area (Å²) in [6.07, 6.45) is 11.8. The highest BCUT2D eigenvalue weighted by Gasteiger charge is 2.42. The Kier molecular flexibility index (Phi) is 4.19. The van der Waals surface area contributed by atoms with Gasteiger partial charge in [-0.25, -0.2) is 0 Å². The molecule has 0 aromatic carbocycles. The largest absolute Gasteiger partial charge is 0.311 e. The maximum atomic E-state index is 4.02. The van der Waals surface area contributed by atoms with E-state index in [-0.39, 0.29) is 0 Å². The lowest BCUT2D eigenvalue weighted by molar-refractivity contribution is 0.146. The first-order valence-corrected chi connectivity index (χ1v) is 9.19. The van der Waals surface area contributed by atoms with E-state index in [9.17, 15) is 0 Å². The van der Waals surface area contributed by atoms with E-state index in [0.29, 0.717) is 5.41 Å². The van der Waals surface area contributed by atoms with Crippen LogP contribution in [0.2, 0.25) is 0 Å². The van der Waals surface area contributed by atoms with Crippen molar-refractivity contribution in [3.8, 4) is 0 Å². The molecule has 2 bridgehead atoms. The molecule has 0 aromatic rings. The smallest absolute Gasteiger partial charge is 0.00723 e. The third-order valence-electron chi connectivity index (χ3n) is 6.89. The Balaban J connectivity index is 1.45. The molecule has 4 atom stereocenters. The second-order valence-corrected chi connectivity index (χ2v) is 9.21. The molecule has 3 saturated carbocycles. The van der Waals surface area contributed by atoms with Crippen LogP contribution in [0.15, 0.2) is 0 Å². The highest BCUT2D eigenvalue weighted by atomic mass is 15.0. The summed E-state index contributed by atoms with van der Waals surface area (Å²) >= 11 is 0. The van der Waals surface area contributed by atoms with E-state index >= 15 is 0 Å². The summed E-state index contributed by atoms with van der Waals surface area (Å²) in [4.78, 5) is 0. The molecule has 1 nitrogen and oxygen atoms in total. The molecular formula is C19H35N. The minimum absolute atomic E-state index is 0.515. The summed E-state index contributed by atoms with van der Waals surface area (Å²) in [6.45, 7) is 9.73. The molecule has 0 spiro atoms. The average Bonchev–Trinajstić information content (AvgIpc) is 3.00. The highest BCUT2D eigenvalue weighted by molar-refractivity contribution is 4.95. The van der Waals surface area contributed by atoms with Crippen LogP contribution in [0.3, 0.4) is 0 Å². The molecule has 0 radical (unpaired) electrons. The van der Waals surface area contributed by atoms with Gasteiger partial charge in [-0.2, -0.15) is 0 Å². The predicted octanol–water partition coefficient (Wildman–Crippen LogP) is 5.01. The normalized spacial score (nSPS) is 42.9. The van der Waals surface area contributed by atoms with Gasteiger partial charge in [0.25, 0.3) is 0 Å². The van der Waals surface area contributed by atoms with Gasteiger partial charge in [-0.1, -0.05) is 27.2 Å². The van der Waals surface area contributed by atoms with Crippen LogP contribution < -0.4 is 5.32 Å². The lowest BCUT2D eigenvalue weighted by Crippen LogP contribution is -2.44. The molecule has 0 amide bonds. The molecule has 20 heavy (non-hydrogen) atoms. The number of nitrogens with one attached hydrogen (secondary N) is 1. The van der Waals surface area contributed by atoms with Crippen molar-refractivity contribution < 1.29 is 0 Å². The third-order valence-corrected chi connectivity index (χ3v) is 6.89. The first-order chi connectivity index (χ1) is 9.43. The van der Waals surface area contributed by atoms with Crippen molar-refractivity contribution in [3.05, 3.63) is 0 Å². The van der Waals surface area contributed by atoms with Crippen molar-refractivity contribution in [3.63, 3.8) is 0 Å². The molecular weight excluding hydrogens is 242 g/mol. The lowest BCUT2D eigenvalue weighted by Gasteiger charge is -2.39. The molecule has 3 fully saturated rings. The lowest BCUT2D eigenvalue weighted by atomic mass is 9.71. The number of rotatable bonds is 3. The van der Waals surface area contributed by atoms with Crippen molar-refractivity contribution >= 4 is 0 Å². The van der Waals surface area contributed by atoms with Crippen LogP contribution in [0.25, 0.3) is 0 Å². The van der Waals surface area contributed by atoms with Crippen LogP contribution in [0, 0.1) is 29.1 Å². The minimum atomic E-state index is 0.515. The Morgan fingerprint density at radius 3 is 2.10 bits per heavy atom. The van der Waals surface area contributed by atoms with Crippen molar-refractivity contribution in [2.45, 2.75) is 91.1 Å². The van der Waals surface area contributed by atoms with Gasteiger partial charge >= 0.3 is 0 Å². The van der Waals surface area contributed by atoms with Crippen LogP contribution in [0.4, 0.5) is 0 Å². The molecule has 1 heteroatoms. The Morgan fingerprint density at radius 2 is 1.60 bits per heavy atom. The monoisotopic (exact) mass is 277 g/mol. The van der Waals surface area contributed by atoms with Gasteiger partial charge in [0, 0.05) is 12.1 Å². The maximum absolute atomic E-state index is 4.02. The van der Waals surface area contributed by atoms with Gasteiger partial charge in [-0.05, 0) is 81.0 Å². The Hall–Kier alpha value is -0.0400. The highest BCUT2D eigenvalue weighted by Crippen LogP contribution is 2.49. The average molecular weight is 277 g/mol. The zero-order chi connectivity index (χ0) is 14.3. The van der Waals surface area contributed by atoms with Crippen LogP contribution in [0.5, 0.6) is 0 Å². The first kappa shape index (κ1) is 14.9. The van der Waals surface area contributed by atoms with Crippen LogP contribution in [0.1, 0.15) is 79.1 Å². The Morgan fingerprint density at radius 1 is 0.900 bits per heavy atom. The molecule has 0 aromatic heterocycles. The van der Waals surface area contributed by atoms with Crippen LogP contribution >= 0.6 is 0 Å². The number of hydrogen-bond acceptors (Lipinski definition) is 1. The zero-order valence-electron chi connectivity index (χ0n) is 14.1. The quantitative estimate of drug-likeness (QED) is 0.765. The Bertz CT molecular complexity index is 321. The maximum Gasteiger partial charge on any atom is 0.00723 e. The fraction of sp³-hybridized carbons (Fsp3) is 1.00. The van der Waals surface area contributed by atoms with E-state index in [0.717, 1.165) is 35.8 Å². The molecule has 3 rings (SSSR count). The first-order valence-electron chi connectivity index (χ1n) is 9.19. The van der Waals surface area contributed by atoms with Gasteiger partial charge in [-0.15, -0.1) is 0 Å². The van der Waals surface area contributed by atoms with Crippen LogP contribution in [-0.4, -0.2) is 12.1 Å². The van der Waals surface area contributed by atoms with E-state index < -0.39 is 0 Å². The van der Waals surface area contributed by atoms with E-state index in [2.05, 4.69) is 33.0 Å². The molecule has 4 unspecified atom stereocenters. The van der Waals surface area contributed by atoms with E-state index in [1.54, 1.807) is 6.42 Å². The van der Waals surface area contributed by atoms with Crippen LogP contribution in [-0.2, 0) is 0 Å². The molecule has 0 aliphatic heterocycles. The van der Waals surface area contributed by atoms with Crippen molar-refractivity contribution in [1.82, 2.24) is 5.32 Å². The van der Waals surface area contributed by atoms with Gasteiger partial charge in [0.1, 0.15) is 0 Å². The number of hydrogen-bond donors (Lipinski definition) is 1. The summed E-state index contributed by atoms with van der Waals surface area (Å²) in [5.74, 6) is 4.09. The molecule has 116 valence electrons.